The topological polar surface area (TPSA) is 54.4 Å². The average molecular weight is 290 g/mol. The molecule has 0 aliphatic heterocycles. The first-order valence-corrected chi connectivity index (χ1v) is 7.10. The van der Waals surface area contributed by atoms with Crippen molar-refractivity contribution in [3.8, 4) is 0 Å². The molecule has 0 radical (unpaired) electrons. The Morgan fingerprint density at radius 2 is 1.95 bits per heavy atom. The summed E-state index contributed by atoms with van der Waals surface area (Å²) in [6.07, 6.45) is -2.77. The number of carboxylic acids is 1. The van der Waals surface area contributed by atoms with Gasteiger partial charge in [-0.1, -0.05) is 19.9 Å². The summed E-state index contributed by atoms with van der Waals surface area (Å²) in [4.78, 5) is 11.0. The van der Waals surface area contributed by atoms with Crippen LogP contribution in [0.25, 0.3) is 0 Å². The van der Waals surface area contributed by atoms with E-state index in [9.17, 15) is 17.8 Å². The Labute approximate surface area is 113 Å². The molecular weight excluding hydrogens is 274 g/mol. The minimum absolute atomic E-state index is 0.0383. The van der Waals surface area contributed by atoms with E-state index in [1.807, 2.05) is 13.8 Å². The minimum Gasteiger partial charge on any atom is -0.478 e. The van der Waals surface area contributed by atoms with Gasteiger partial charge in [0.15, 0.2) is 0 Å². The van der Waals surface area contributed by atoms with E-state index < -0.39 is 23.2 Å². The number of benzene rings is 1. The highest BCUT2D eigenvalue weighted by molar-refractivity contribution is 7.85. The molecule has 0 amide bonds. The van der Waals surface area contributed by atoms with Gasteiger partial charge in [0.2, 0.25) is 0 Å². The maximum absolute atomic E-state index is 13.0. The van der Waals surface area contributed by atoms with Crippen molar-refractivity contribution < 1.29 is 22.9 Å². The van der Waals surface area contributed by atoms with Crippen LogP contribution in [-0.4, -0.2) is 21.0 Å². The zero-order valence-corrected chi connectivity index (χ0v) is 11.8. The van der Waals surface area contributed by atoms with Crippen LogP contribution in [0.1, 0.15) is 41.8 Å². The third-order valence-corrected chi connectivity index (χ3v) is 4.58. The normalized spacial score (nSPS) is 13.0. The molecule has 0 bridgehead atoms. The Kier molecular flexibility index (Phi) is 5.17. The van der Waals surface area contributed by atoms with Crippen LogP contribution in [0.2, 0.25) is 0 Å². The Hall–Kier alpha value is -1.30. The molecule has 1 aromatic rings. The van der Waals surface area contributed by atoms with E-state index in [4.69, 9.17) is 5.11 Å². The first-order chi connectivity index (χ1) is 8.75. The highest BCUT2D eigenvalue weighted by atomic mass is 32.2. The third kappa shape index (κ3) is 3.59. The van der Waals surface area contributed by atoms with Crippen molar-refractivity contribution in [3.63, 3.8) is 0 Å². The average Bonchev–Trinajstić information content (AvgIpc) is 2.26. The van der Waals surface area contributed by atoms with Crippen LogP contribution in [0.5, 0.6) is 0 Å². The summed E-state index contributed by atoms with van der Waals surface area (Å²) in [6.45, 7) is 5.08. The summed E-state index contributed by atoms with van der Waals surface area (Å²) in [5.74, 6) is -0.913. The van der Waals surface area contributed by atoms with Crippen LogP contribution in [-0.2, 0) is 10.8 Å². The molecule has 0 spiro atoms. The SMILES string of the molecule is Cc1c(C(=O)O)ccc(C(F)F)c1[S@@](=O)CC(C)C. The van der Waals surface area contributed by atoms with Crippen molar-refractivity contribution in [1.29, 1.82) is 0 Å². The van der Waals surface area contributed by atoms with Crippen molar-refractivity contribution in [3.05, 3.63) is 28.8 Å². The molecule has 0 fully saturated rings. The smallest absolute Gasteiger partial charge is 0.335 e. The molecule has 0 heterocycles. The third-order valence-electron chi connectivity index (χ3n) is 2.61. The first-order valence-electron chi connectivity index (χ1n) is 5.79. The Morgan fingerprint density at radius 3 is 2.37 bits per heavy atom. The number of halogens is 2. The van der Waals surface area contributed by atoms with Gasteiger partial charge in [-0.15, -0.1) is 0 Å². The molecule has 0 unspecified atom stereocenters. The standard InChI is InChI=1S/C13H16F2O3S/c1-7(2)6-19(18)11-8(3)9(13(16)17)4-5-10(11)12(14)15/h4-5,7,12H,6H2,1-3H3,(H,16,17)/t19-/m0/s1. The van der Waals surface area contributed by atoms with Crippen LogP contribution in [0, 0.1) is 12.8 Å². The van der Waals surface area contributed by atoms with Gasteiger partial charge in [0.25, 0.3) is 6.43 Å². The number of alkyl halides is 2. The molecule has 6 heteroatoms. The van der Waals surface area contributed by atoms with Crippen molar-refractivity contribution in [2.45, 2.75) is 32.1 Å². The van der Waals surface area contributed by atoms with E-state index in [1.54, 1.807) is 0 Å². The van der Waals surface area contributed by atoms with E-state index >= 15 is 0 Å². The van der Waals surface area contributed by atoms with Gasteiger partial charge >= 0.3 is 5.97 Å². The predicted molar refractivity (Wildman–Crippen MR) is 69.2 cm³/mol. The zero-order valence-electron chi connectivity index (χ0n) is 10.9. The van der Waals surface area contributed by atoms with Gasteiger partial charge in [-0.25, -0.2) is 13.6 Å². The highest BCUT2D eigenvalue weighted by Gasteiger charge is 2.23. The molecule has 19 heavy (non-hydrogen) atoms. The number of rotatable bonds is 5. The van der Waals surface area contributed by atoms with Crippen LogP contribution >= 0.6 is 0 Å². The summed E-state index contributed by atoms with van der Waals surface area (Å²) in [6, 6.07) is 2.18. The molecule has 0 saturated carbocycles. The molecule has 3 nitrogen and oxygen atoms in total. The van der Waals surface area contributed by atoms with Crippen LogP contribution in [0.4, 0.5) is 8.78 Å². The summed E-state index contributed by atoms with van der Waals surface area (Å²) in [5, 5.41) is 9.00. The molecular formula is C13H16F2O3S. The lowest BCUT2D eigenvalue weighted by Gasteiger charge is -2.15. The largest absolute Gasteiger partial charge is 0.478 e. The summed E-state index contributed by atoms with van der Waals surface area (Å²) >= 11 is 0. The molecule has 1 aromatic carbocycles. The Balaban J connectivity index is 3.42. The lowest BCUT2D eigenvalue weighted by atomic mass is 10.1. The molecule has 1 rings (SSSR count). The number of carbonyl (C=O) groups is 1. The second-order valence-corrected chi connectivity index (χ2v) is 6.10. The van der Waals surface area contributed by atoms with Crippen LogP contribution in [0.15, 0.2) is 17.0 Å². The number of aromatic carboxylic acids is 1. The molecule has 0 aromatic heterocycles. The van der Waals surface area contributed by atoms with Crippen LogP contribution < -0.4 is 0 Å². The van der Waals surface area contributed by atoms with E-state index in [0.29, 0.717) is 0 Å². The number of carboxylic acid groups (broad SMARTS) is 1. The molecule has 0 saturated heterocycles. The fraction of sp³-hybridized carbons (Fsp3) is 0.462. The summed E-state index contributed by atoms with van der Waals surface area (Å²) in [5.41, 5.74) is -0.276. The van der Waals surface area contributed by atoms with Crippen molar-refractivity contribution in [2.24, 2.45) is 5.92 Å². The maximum atomic E-state index is 13.0. The minimum atomic E-state index is -2.77. The fourth-order valence-electron chi connectivity index (χ4n) is 1.80. The zero-order chi connectivity index (χ0) is 14.7. The van der Waals surface area contributed by atoms with E-state index in [1.165, 1.54) is 6.92 Å². The second kappa shape index (κ2) is 6.23. The van der Waals surface area contributed by atoms with Crippen molar-refractivity contribution in [1.82, 2.24) is 0 Å². The molecule has 0 aliphatic carbocycles. The maximum Gasteiger partial charge on any atom is 0.335 e. The van der Waals surface area contributed by atoms with E-state index in [2.05, 4.69) is 0 Å². The molecule has 1 atom stereocenters. The molecule has 1 N–H and O–H groups in total. The van der Waals surface area contributed by atoms with Gasteiger partial charge in [0, 0.05) is 11.3 Å². The van der Waals surface area contributed by atoms with Gasteiger partial charge in [-0.3, -0.25) is 4.21 Å². The van der Waals surface area contributed by atoms with Gasteiger partial charge in [-0.2, -0.15) is 0 Å². The lowest BCUT2D eigenvalue weighted by molar-refractivity contribution is 0.0695. The fourth-order valence-corrected chi connectivity index (χ4v) is 3.45. The van der Waals surface area contributed by atoms with Crippen LogP contribution in [0.3, 0.4) is 0 Å². The molecule has 106 valence electrons. The number of hydrogen-bond donors (Lipinski definition) is 1. The quantitative estimate of drug-likeness (QED) is 0.904. The first kappa shape index (κ1) is 15.8. The summed E-state index contributed by atoms with van der Waals surface area (Å²) < 4.78 is 38.1. The highest BCUT2D eigenvalue weighted by Crippen LogP contribution is 2.30. The van der Waals surface area contributed by atoms with Crippen molar-refractivity contribution >= 4 is 16.8 Å². The lowest BCUT2D eigenvalue weighted by Crippen LogP contribution is -2.12. The monoisotopic (exact) mass is 290 g/mol. The van der Waals surface area contributed by atoms with Gasteiger partial charge in [0.05, 0.1) is 21.3 Å². The van der Waals surface area contributed by atoms with Gasteiger partial charge in [0.1, 0.15) is 0 Å². The van der Waals surface area contributed by atoms with Gasteiger partial charge < -0.3 is 5.11 Å². The van der Waals surface area contributed by atoms with Crippen molar-refractivity contribution in [2.75, 3.05) is 5.75 Å². The predicted octanol–water partition coefficient (Wildman–Crippen LogP) is 3.39. The van der Waals surface area contributed by atoms with E-state index in [0.717, 1.165) is 12.1 Å². The Morgan fingerprint density at radius 1 is 1.37 bits per heavy atom. The molecule has 0 aliphatic rings. The van der Waals surface area contributed by atoms with E-state index in [-0.39, 0.29) is 33.3 Å². The summed E-state index contributed by atoms with van der Waals surface area (Å²) in [7, 11) is -1.63. The number of hydrogen-bond acceptors (Lipinski definition) is 2. The second-order valence-electron chi connectivity index (χ2n) is 4.67. The van der Waals surface area contributed by atoms with Gasteiger partial charge in [-0.05, 0) is 24.5 Å². The Bertz CT molecular complexity index is 513.